The Labute approximate surface area is 176 Å². The molecule has 0 fully saturated rings. The van der Waals surface area contributed by atoms with E-state index >= 15 is 0 Å². The summed E-state index contributed by atoms with van der Waals surface area (Å²) in [5, 5.41) is 18.3. The van der Waals surface area contributed by atoms with E-state index in [1.165, 1.54) is 0 Å². The van der Waals surface area contributed by atoms with Crippen LogP contribution in [-0.4, -0.2) is 22.2 Å². The molecule has 0 spiro atoms. The highest BCUT2D eigenvalue weighted by molar-refractivity contribution is 5.88. The van der Waals surface area contributed by atoms with Gasteiger partial charge in [-0.05, 0) is 46.5 Å². The van der Waals surface area contributed by atoms with Gasteiger partial charge >= 0.3 is 11.9 Å². The molecule has 4 nitrogen and oxygen atoms in total. The highest BCUT2D eigenvalue weighted by Gasteiger charge is 2.28. The Morgan fingerprint density at radius 2 is 0.900 bits per heavy atom. The molecule has 2 N–H and O–H groups in total. The van der Waals surface area contributed by atoms with Crippen LogP contribution in [0.4, 0.5) is 0 Å². The number of carboxylic acid groups (broad SMARTS) is 2. The van der Waals surface area contributed by atoms with Crippen molar-refractivity contribution in [2.24, 2.45) is 0 Å². The number of carbonyl (C=O) groups is 2. The van der Waals surface area contributed by atoms with Crippen LogP contribution in [0.2, 0.25) is 0 Å². The Kier molecular flexibility index (Phi) is 5.53. The second kappa shape index (κ2) is 7.79. The van der Waals surface area contributed by atoms with E-state index in [9.17, 15) is 9.59 Å². The number of hydrogen-bond donors (Lipinski definition) is 2. The van der Waals surface area contributed by atoms with Crippen LogP contribution in [0.1, 0.15) is 70.7 Å². The molecule has 0 amide bonds. The molecule has 0 aromatic heterocycles. The zero-order chi connectivity index (χ0) is 22.1. The Bertz CT molecular complexity index is 990. The molecular weight excluding hydrogens is 376 g/mol. The zero-order valence-corrected chi connectivity index (χ0v) is 17.6. The smallest absolute Gasteiger partial charge is 0.335 e. The van der Waals surface area contributed by atoms with Gasteiger partial charge in [-0.1, -0.05) is 76.2 Å². The minimum absolute atomic E-state index is 0.272. The third kappa shape index (κ3) is 3.99. The summed E-state index contributed by atoms with van der Waals surface area (Å²) in [6.07, 6.45) is 0. The molecule has 3 aromatic rings. The van der Waals surface area contributed by atoms with E-state index in [1.807, 2.05) is 30.3 Å². The highest BCUT2D eigenvalue weighted by atomic mass is 16.4. The maximum atomic E-state index is 11.1. The summed E-state index contributed by atoms with van der Waals surface area (Å²) >= 11 is 0. The van der Waals surface area contributed by atoms with Crippen LogP contribution >= 0.6 is 0 Å². The molecule has 30 heavy (non-hydrogen) atoms. The Hall–Kier alpha value is -3.40. The van der Waals surface area contributed by atoms with Crippen molar-refractivity contribution in [2.75, 3.05) is 0 Å². The first kappa shape index (κ1) is 21.3. The number of hydrogen-bond acceptors (Lipinski definition) is 2. The van der Waals surface area contributed by atoms with Crippen molar-refractivity contribution in [1.82, 2.24) is 0 Å². The molecule has 0 saturated heterocycles. The number of benzene rings is 3. The molecule has 3 rings (SSSR count). The molecule has 0 aliphatic carbocycles. The molecule has 4 heteroatoms. The Balaban J connectivity index is 1.97. The van der Waals surface area contributed by atoms with Gasteiger partial charge in [-0.3, -0.25) is 0 Å². The van der Waals surface area contributed by atoms with E-state index in [0.29, 0.717) is 0 Å². The summed E-state index contributed by atoms with van der Waals surface area (Å²) in [7, 11) is 0. The van der Waals surface area contributed by atoms with Gasteiger partial charge in [0.15, 0.2) is 0 Å². The van der Waals surface area contributed by atoms with Crippen LogP contribution in [0.3, 0.4) is 0 Å². The fourth-order valence-corrected chi connectivity index (χ4v) is 3.69. The number of aromatic carboxylic acids is 2. The third-order valence-corrected chi connectivity index (χ3v) is 6.01. The molecular formula is C26H26O4. The SMILES string of the molecule is CC(C)(c1ccc(C(=O)O)cc1)c1cccc(C(C)(C)c2ccc(C(=O)O)cc2)c1. The monoisotopic (exact) mass is 402 g/mol. The van der Waals surface area contributed by atoms with Crippen molar-refractivity contribution in [3.63, 3.8) is 0 Å². The average Bonchev–Trinajstić information content (AvgIpc) is 2.74. The van der Waals surface area contributed by atoms with E-state index in [2.05, 4.69) is 45.9 Å². The van der Waals surface area contributed by atoms with E-state index in [0.717, 1.165) is 22.3 Å². The van der Waals surface area contributed by atoms with Crippen molar-refractivity contribution in [3.8, 4) is 0 Å². The minimum atomic E-state index is -0.933. The molecule has 3 aromatic carbocycles. The Morgan fingerprint density at radius 3 is 1.20 bits per heavy atom. The lowest BCUT2D eigenvalue weighted by Crippen LogP contribution is -2.23. The van der Waals surface area contributed by atoms with Gasteiger partial charge in [-0.25, -0.2) is 9.59 Å². The molecule has 0 heterocycles. The lowest BCUT2D eigenvalue weighted by Gasteiger charge is -2.31. The van der Waals surface area contributed by atoms with Crippen molar-refractivity contribution in [2.45, 2.75) is 38.5 Å². The fourth-order valence-electron chi connectivity index (χ4n) is 3.69. The first-order chi connectivity index (χ1) is 14.0. The summed E-state index contributed by atoms with van der Waals surface area (Å²) in [4.78, 5) is 22.3. The molecule has 0 aliphatic heterocycles. The summed E-state index contributed by atoms with van der Waals surface area (Å²) in [5.41, 5.74) is 4.24. The number of carboxylic acids is 2. The second-order valence-corrected chi connectivity index (χ2v) is 8.60. The maximum Gasteiger partial charge on any atom is 0.335 e. The van der Waals surface area contributed by atoms with Crippen LogP contribution in [0, 0.1) is 0 Å². The van der Waals surface area contributed by atoms with Crippen LogP contribution < -0.4 is 0 Å². The predicted octanol–water partition coefficient (Wildman–Crippen LogP) is 5.73. The van der Waals surface area contributed by atoms with E-state index in [1.54, 1.807) is 24.3 Å². The van der Waals surface area contributed by atoms with Gasteiger partial charge in [-0.2, -0.15) is 0 Å². The van der Waals surface area contributed by atoms with Crippen LogP contribution in [0.5, 0.6) is 0 Å². The third-order valence-electron chi connectivity index (χ3n) is 6.01. The van der Waals surface area contributed by atoms with Gasteiger partial charge in [0.2, 0.25) is 0 Å². The zero-order valence-electron chi connectivity index (χ0n) is 17.6. The van der Waals surface area contributed by atoms with E-state index in [-0.39, 0.29) is 22.0 Å². The fraction of sp³-hybridized carbons (Fsp3) is 0.231. The summed E-state index contributed by atoms with van der Waals surface area (Å²) < 4.78 is 0. The van der Waals surface area contributed by atoms with Crippen molar-refractivity contribution >= 4 is 11.9 Å². The number of rotatable bonds is 6. The van der Waals surface area contributed by atoms with Crippen molar-refractivity contribution in [3.05, 3.63) is 106 Å². The van der Waals surface area contributed by atoms with Gasteiger partial charge in [-0.15, -0.1) is 0 Å². The van der Waals surface area contributed by atoms with Crippen LogP contribution in [0.25, 0.3) is 0 Å². The lowest BCUT2D eigenvalue weighted by atomic mass is 9.73. The van der Waals surface area contributed by atoms with Gasteiger partial charge in [0, 0.05) is 10.8 Å². The van der Waals surface area contributed by atoms with Crippen molar-refractivity contribution < 1.29 is 19.8 Å². The van der Waals surface area contributed by atoms with Gasteiger partial charge < -0.3 is 10.2 Å². The van der Waals surface area contributed by atoms with Crippen molar-refractivity contribution in [1.29, 1.82) is 0 Å². The molecule has 0 atom stereocenters. The lowest BCUT2D eigenvalue weighted by molar-refractivity contribution is 0.0686. The molecule has 0 aliphatic rings. The largest absolute Gasteiger partial charge is 0.478 e. The topological polar surface area (TPSA) is 74.6 Å². The molecule has 0 bridgehead atoms. The van der Waals surface area contributed by atoms with E-state index < -0.39 is 11.9 Å². The second-order valence-electron chi connectivity index (χ2n) is 8.60. The van der Waals surface area contributed by atoms with Gasteiger partial charge in [0.25, 0.3) is 0 Å². The maximum absolute atomic E-state index is 11.1. The predicted molar refractivity (Wildman–Crippen MR) is 118 cm³/mol. The quantitative estimate of drug-likeness (QED) is 0.552. The normalized spacial score (nSPS) is 11.9. The Morgan fingerprint density at radius 1 is 0.567 bits per heavy atom. The standard InChI is InChI=1S/C26H26O4/c1-25(2,19-12-8-17(9-13-19)23(27)28)21-6-5-7-22(16-21)26(3,4)20-14-10-18(11-15-20)24(29)30/h5-16H,1-4H3,(H,27,28)(H,29,30). The molecule has 0 radical (unpaired) electrons. The van der Waals surface area contributed by atoms with Crippen LogP contribution in [-0.2, 0) is 10.8 Å². The van der Waals surface area contributed by atoms with Gasteiger partial charge in [0.05, 0.1) is 11.1 Å². The van der Waals surface area contributed by atoms with Gasteiger partial charge in [0.1, 0.15) is 0 Å². The minimum Gasteiger partial charge on any atom is -0.478 e. The molecule has 0 saturated carbocycles. The summed E-state index contributed by atoms with van der Waals surface area (Å²) in [6, 6.07) is 22.4. The molecule has 154 valence electrons. The summed E-state index contributed by atoms with van der Waals surface area (Å²) in [6.45, 7) is 8.49. The molecule has 0 unspecified atom stereocenters. The first-order valence-electron chi connectivity index (χ1n) is 9.82. The highest BCUT2D eigenvalue weighted by Crippen LogP contribution is 2.37. The van der Waals surface area contributed by atoms with Crippen LogP contribution in [0.15, 0.2) is 72.8 Å². The van der Waals surface area contributed by atoms with E-state index in [4.69, 9.17) is 10.2 Å². The average molecular weight is 402 g/mol. The first-order valence-corrected chi connectivity index (χ1v) is 9.82. The summed E-state index contributed by atoms with van der Waals surface area (Å²) in [5.74, 6) is -1.87.